The summed E-state index contributed by atoms with van der Waals surface area (Å²) in [6.45, 7) is 3.24. The molecule has 19 heavy (non-hydrogen) atoms. The van der Waals surface area contributed by atoms with E-state index in [0.717, 1.165) is 25.7 Å². The second kappa shape index (κ2) is 7.25. The fourth-order valence-electron chi connectivity index (χ4n) is 3.48. The monoisotopic (exact) mass is 310 g/mol. The van der Waals surface area contributed by atoms with Gasteiger partial charge in [0.25, 0.3) is 0 Å². The summed E-state index contributed by atoms with van der Waals surface area (Å²) >= 11 is 0. The van der Waals surface area contributed by atoms with E-state index < -0.39 is 10.0 Å². The first-order valence-corrected chi connectivity index (χ1v) is 8.85. The normalized spacial score (nSPS) is 30.2. The topological polar surface area (TPSA) is 63.4 Å². The van der Waals surface area contributed by atoms with Crippen LogP contribution in [0.2, 0.25) is 0 Å². The van der Waals surface area contributed by atoms with Gasteiger partial charge in [-0.25, -0.2) is 8.42 Å². The zero-order chi connectivity index (χ0) is 13.2. The molecule has 0 aromatic carbocycles. The van der Waals surface area contributed by atoms with Gasteiger partial charge >= 0.3 is 0 Å². The molecule has 0 aromatic rings. The maximum Gasteiger partial charge on any atom is 0.214 e. The van der Waals surface area contributed by atoms with E-state index in [9.17, 15) is 8.42 Å². The summed E-state index contributed by atoms with van der Waals surface area (Å²) in [7, 11) is -3.11. The fraction of sp³-hybridized carbons (Fsp3) is 1.00. The SMILES string of the molecule is CC1CCCN(S(=O)(=O)CC2CCCC2)C1CN.Cl. The van der Waals surface area contributed by atoms with Gasteiger partial charge in [0.2, 0.25) is 10.0 Å². The second-order valence-corrected chi connectivity index (χ2v) is 7.93. The molecular formula is C13H27ClN2O2S. The van der Waals surface area contributed by atoms with Crippen LogP contribution in [0.15, 0.2) is 0 Å². The van der Waals surface area contributed by atoms with Gasteiger partial charge in [-0.05, 0) is 37.5 Å². The average Bonchev–Trinajstić information content (AvgIpc) is 2.80. The molecule has 6 heteroatoms. The molecule has 1 saturated carbocycles. The third kappa shape index (κ3) is 4.06. The molecule has 0 aromatic heterocycles. The number of piperidine rings is 1. The number of rotatable bonds is 4. The van der Waals surface area contributed by atoms with E-state index in [0.29, 0.717) is 30.7 Å². The van der Waals surface area contributed by atoms with Crippen LogP contribution in [0.3, 0.4) is 0 Å². The van der Waals surface area contributed by atoms with Gasteiger partial charge in [0.05, 0.1) is 5.75 Å². The number of sulfonamides is 1. The van der Waals surface area contributed by atoms with Crippen LogP contribution in [0.1, 0.15) is 45.4 Å². The third-order valence-corrected chi connectivity index (χ3v) is 6.65. The summed E-state index contributed by atoms with van der Waals surface area (Å²) in [5, 5.41) is 0. The van der Waals surface area contributed by atoms with Gasteiger partial charge in [-0.1, -0.05) is 19.8 Å². The predicted octanol–water partition coefficient (Wildman–Crippen LogP) is 1.99. The molecule has 2 N–H and O–H groups in total. The van der Waals surface area contributed by atoms with Gasteiger partial charge < -0.3 is 5.73 Å². The highest BCUT2D eigenvalue weighted by Crippen LogP contribution is 2.30. The van der Waals surface area contributed by atoms with Crippen molar-refractivity contribution >= 4 is 22.4 Å². The van der Waals surface area contributed by atoms with Crippen LogP contribution in [0.5, 0.6) is 0 Å². The van der Waals surface area contributed by atoms with Crippen LogP contribution in [0, 0.1) is 11.8 Å². The molecule has 2 rings (SSSR count). The lowest BCUT2D eigenvalue weighted by molar-refractivity contribution is 0.191. The molecule has 0 bridgehead atoms. The minimum Gasteiger partial charge on any atom is -0.329 e. The largest absolute Gasteiger partial charge is 0.329 e. The third-order valence-electron chi connectivity index (χ3n) is 4.58. The van der Waals surface area contributed by atoms with E-state index >= 15 is 0 Å². The van der Waals surface area contributed by atoms with Crippen LogP contribution >= 0.6 is 12.4 Å². The summed E-state index contributed by atoms with van der Waals surface area (Å²) in [5.41, 5.74) is 5.78. The van der Waals surface area contributed by atoms with Gasteiger partial charge in [-0.3, -0.25) is 0 Å². The van der Waals surface area contributed by atoms with Crippen LogP contribution < -0.4 is 5.73 Å². The lowest BCUT2D eigenvalue weighted by Crippen LogP contribution is -2.52. The molecule has 2 unspecified atom stereocenters. The first-order chi connectivity index (χ1) is 8.54. The van der Waals surface area contributed by atoms with Crippen molar-refractivity contribution in [3.8, 4) is 0 Å². The second-order valence-electron chi connectivity index (χ2n) is 5.96. The molecule has 2 fully saturated rings. The minimum absolute atomic E-state index is 0. The molecule has 1 saturated heterocycles. The van der Waals surface area contributed by atoms with Crippen molar-refractivity contribution in [3.05, 3.63) is 0 Å². The van der Waals surface area contributed by atoms with Gasteiger partial charge in [-0.2, -0.15) is 4.31 Å². The van der Waals surface area contributed by atoms with Gasteiger partial charge in [0.15, 0.2) is 0 Å². The Labute approximate surface area is 123 Å². The summed E-state index contributed by atoms with van der Waals surface area (Å²) in [6, 6.07) is 0.0187. The van der Waals surface area contributed by atoms with Gasteiger partial charge in [0, 0.05) is 19.1 Å². The first-order valence-electron chi connectivity index (χ1n) is 7.24. The van der Waals surface area contributed by atoms with Crippen molar-refractivity contribution in [2.24, 2.45) is 17.6 Å². The molecule has 2 atom stereocenters. The van der Waals surface area contributed by atoms with Crippen molar-refractivity contribution in [1.29, 1.82) is 0 Å². The molecule has 2 aliphatic rings. The number of nitrogens with two attached hydrogens (primary N) is 1. The maximum atomic E-state index is 12.5. The van der Waals surface area contributed by atoms with Crippen molar-refractivity contribution in [2.75, 3.05) is 18.8 Å². The lowest BCUT2D eigenvalue weighted by Gasteiger charge is -2.38. The number of hydrogen-bond donors (Lipinski definition) is 1. The molecular weight excluding hydrogens is 284 g/mol. The Morgan fingerprint density at radius 2 is 1.79 bits per heavy atom. The van der Waals surface area contributed by atoms with Crippen molar-refractivity contribution in [3.63, 3.8) is 0 Å². The van der Waals surface area contributed by atoms with Crippen LogP contribution in [0.4, 0.5) is 0 Å². The Kier molecular flexibility index (Phi) is 6.57. The molecule has 0 spiro atoms. The summed E-state index contributed by atoms with van der Waals surface area (Å²) in [6.07, 6.45) is 6.61. The quantitative estimate of drug-likeness (QED) is 0.863. The van der Waals surface area contributed by atoms with Crippen LogP contribution in [-0.4, -0.2) is 37.6 Å². The van der Waals surface area contributed by atoms with Gasteiger partial charge in [-0.15, -0.1) is 12.4 Å². The minimum atomic E-state index is -3.11. The molecule has 1 aliphatic carbocycles. The number of halogens is 1. The summed E-state index contributed by atoms with van der Waals surface area (Å²) in [4.78, 5) is 0. The van der Waals surface area contributed by atoms with Crippen LogP contribution in [0.25, 0.3) is 0 Å². The molecule has 1 heterocycles. The van der Waals surface area contributed by atoms with E-state index in [1.54, 1.807) is 4.31 Å². The zero-order valence-corrected chi connectivity index (χ0v) is 13.4. The Morgan fingerprint density at radius 1 is 1.16 bits per heavy atom. The van der Waals surface area contributed by atoms with Crippen molar-refractivity contribution in [1.82, 2.24) is 4.31 Å². The first kappa shape index (κ1) is 17.2. The summed E-state index contributed by atoms with van der Waals surface area (Å²) < 4.78 is 26.8. The summed E-state index contributed by atoms with van der Waals surface area (Å²) in [5.74, 6) is 1.11. The molecule has 0 radical (unpaired) electrons. The number of hydrogen-bond acceptors (Lipinski definition) is 3. The smallest absolute Gasteiger partial charge is 0.214 e. The van der Waals surface area contributed by atoms with E-state index in [1.165, 1.54) is 12.8 Å². The maximum absolute atomic E-state index is 12.5. The molecule has 0 amide bonds. The highest BCUT2D eigenvalue weighted by Gasteiger charge is 2.36. The van der Waals surface area contributed by atoms with Crippen molar-refractivity contribution in [2.45, 2.75) is 51.5 Å². The average molecular weight is 311 g/mol. The fourth-order valence-corrected chi connectivity index (χ4v) is 5.71. The number of nitrogens with zero attached hydrogens (tertiary/aromatic N) is 1. The molecule has 114 valence electrons. The predicted molar refractivity (Wildman–Crippen MR) is 80.9 cm³/mol. The standard InChI is InChI=1S/C13H26N2O2S.ClH/c1-11-5-4-8-15(13(11)9-14)18(16,17)10-12-6-2-3-7-12;/h11-13H,2-10,14H2,1H3;1H. The van der Waals surface area contributed by atoms with Crippen molar-refractivity contribution < 1.29 is 8.42 Å². The van der Waals surface area contributed by atoms with E-state index in [1.807, 2.05) is 0 Å². The lowest BCUT2D eigenvalue weighted by atomic mass is 9.93. The van der Waals surface area contributed by atoms with E-state index in [4.69, 9.17) is 5.73 Å². The van der Waals surface area contributed by atoms with E-state index in [-0.39, 0.29) is 18.4 Å². The molecule has 4 nitrogen and oxygen atoms in total. The zero-order valence-electron chi connectivity index (χ0n) is 11.8. The Hall–Kier alpha value is 0.160. The Morgan fingerprint density at radius 3 is 2.37 bits per heavy atom. The molecule has 1 aliphatic heterocycles. The highest BCUT2D eigenvalue weighted by molar-refractivity contribution is 7.89. The van der Waals surface area contributed by atoms with Gasteiger partial charge in [0.1, 0.15) is 0 Å². The van der Waals surface area contributed by atoms with E-state index in [2.05, 4.69) is 6.92 Å². The highest BCUT2D eigenvalue weighted by atomic mass is 35.5. The van der Waals surface area contributed by atoms with Crippen LogP contribution in [-0.2, 0) is 10.0 Å². The Bertz CT molecular complexity index is 369. The Balaban J connectivity index is 0.00000180.